The molecule has 1 atom stereocenters. The van der Waals surface area contributed by atoms with Crippen LogP contribution in [0.3, 0.4) is 0 Å². The Balaban J connectivity index is 2.53. The van der Waals surface area contributed by atoms with E-state index in [1.165, 1.54) is 0 Å². The highest BCUT2D eigenvalue weighted by Gasteiger charge is 2.09. The van der Waals surface area contributed by atoms with E-state index in [0.29, 0.717) is 18.1 Å². The molecule has 0 bridgehead atoms. The van der Waals surface area contributed by atoms with Gasteiger partial charge in [-0.3, -0.25) is 0 Å². The number of aliphatic hydroxyl groups is 1. The molecule has 0 heterocycles. The standard InChI is InChI=1S/C16H27NO4/c1-4-8-17-10-13-6-7-15(16(9-13)19-3)21-12-14(18)11-20-5-2/h6-7,9,14,17-18H,4-5,8,10-12H2,1-3H3. The van der Waals surface area contributed by atoms with Crippen LogP contribution in [0.15, 0.2) is 18.2 Å². The van der Waals surface area contributed by atoms with E-state index in [1.54, 1.807) is 7.11 Å². The largest absolute Gasteiger partial charge is 0.493 e. The quantitative estimate of drug-likeness (QED) is 0.612. The maximum atomic E-state index is 9.70. The predicted octanol–water partition coefficient (Wildman–Crippen LogP) is 1.97. The van der Waals surface area contributed by atoms with Crippen molar-refractivity contribution in [1.29, 1.82) is 0 Å². The lowest BCUT2D eigenvalue weighted by Gasteiger charge is -2.15. The molecule has 0 aliphatic rings. The maximum Gasteiger partial charge on any atom is 0.161 e. The summed E-state index contributed by atoms with van der Waals surface area (Å²) in [5.41, 5.74) is 1.14. The van der Waals surface area contributed by atoms with Crippen molar-refractivity contribution in [1.82, 2.24) is 5.32 Å². The van der Waals surface area contributed by atoms with Gasteiger partial charge in [-0.15, -0.1) is 0 Å². The number of ether oxygens (including phenoxy) is 3. The van der Waals surface area contributed by atoms with Gasteiger partial charge < -0.3 is 24.6 Å². The van der Waals surface area contributed by atoms with Crippen molar-refractivity contribution in [2.45, 2.75) is 32.9 Å². The zero-order chi connectivity index (χ0) is 15.5. The van der Waals surface area contributed by atoms with Crippen molar-refractivity contribution in [2.24, 2.45) is 0 Å². The van der Waals surface area contributed by atoms with Gasteiger partial charge in [-0.2, -0.15) is 0 Å². The van der Waals surface area contributed by atoms with E-state index >= 15 is 0 Å². The Labute approximate surface area is 127 Å². The van der Waals surface area contributed by atoms with Crippen LogP contribution in [0.5, 0.6) is 11.5 Å². The van der Waals surface area contributed by atoms with Crippen molar-refractivity contribution in [3.63, 3.8) is 0 Å². The third kappa shape index (κ3) is 6.80. The van der Waals surface area contributed by atoms with Gasteiger partial charge in [0.25, 0.3) is 0 Å². The number of rotatable bonds is 11. The molecule has 2 N–H and O–H groups in total. The van der Waals surface area contributed by atoms with E-state index in [0.717, 1.165) is 25.1 Å². The third-order valence-corrected chi connectivity index (χ3v) is 2.93. The lowest BCUT2D eigenvalue weighted by molar-refractivity contribution is 0.0159. The molecule has 1 aromatic carbocycles. The van der Waals surface area contributed by atoms with Gasteiger partial charge in [0.1, 0.15) is 12.7 Å². The van der Waals surface area contributed by atoms with Crippen LogP contribution in [0.4, 0.5) is 0 Å². The average molecular weight is 297 g/mol. The number of hydrogen-bond acceptors (Lipinski definition) is 5. The molecule has 0 radical (unpaired) electrons. The fourth-order valence-corrected chi connectivity index (χ4v) is 1.84. The molecule has 120 valence electrons. The van der Waals surface area contributed by atoms with E-state index in [-0.39, 0.29) is 13.2 Å². The van der Waals surface area contributed by atoms with Crippen LogP contribution in [-0.4, -0.2) is 44.7 Å². The Kier molecular flexibility index (Phi) is 8.82. The predicted molar refractivity (Wildman–Crippen MR) is 83.0 cm³/mol. The first-order chi connectivity index (χ1) is 10.2. The summed E-state index contributed by atoms with van der Waals surface area (Å²) in [7, 11) is 1.61. The van der Waals surface area contributed by atoms with Gasteiger partial charge in [-0.25, -0.2) is 0 Å². The smallest absolute Gasteiger partial charge is 0.161 e. The van der Waals surface area contributed by atoms with Crippen molar-refractivity contribution >= 4 is 0 Å². The molecule has 0 spiro atoms. The van der Waals surface area contributed by atoms with E-state index < -0.39 is 6.10 Å². The summed E-state index contributed by atoms with van der Waals surface area (Å²) in [5, 5.41) is 13.0. The van der Waals surface area contributed by atoms with Gasteiger partial charge in [0.15, 0.2) is 11.5 Å². The summed E-state index contributed by atoms with van der Waals surface area (Å²) in [6.45, 7) is 6.86. The first-order valence-corrected chi connectivity index (χ1v) is 7.47. The summed E-state index contributed by atoms with van der Waals surface area (Å²) in [6, 6.07) is 5.82. The van der Waals surface area contributed by atoms with E-state index in [2.05, 4.69) is 12.2 Å². The topological polar surface area (TPSA) is 60.0 Å². The Morgan fingerprint density at radius 3 is 2.67 bits per heavy atom. The molecule has 0 saturated carbocycles. The average Bonchev–Trinajstić information content (AvgIpc) is 2.51. The Morgan fingerprint density at radius 1 is 1.19 bits per heavy atom. The second-order valence-corrected chi connectivity index (χ2v) is 4.79. The van der Waals surface area contributed by atoms with Gasteiger partial charge in [0, 0.05) is 13.2 Å². The molecular weight excluding hydrogens is 270 g/mol. The molecular formula is C16H27NO4. The molecule has 0 aliphatic heterocycles. The molecule has 21 heavy (non-hydrogen) atoms. The number of benzene rings is 1. The van der Waals surface area contributed by atoms with Gasteiger partial charge in [-0.1, -0.05) is 13.0 Å². The molecule has 5 heteroatoms. The van der Waals surface area contributed by atoms with Crippen LogP contribution >= 0.6 is 0 Å². The van der Waals surface area contributed by atoms with Gasteiger partial charge in [0.05, 0.1) is 13.7 Å². The summed E-state index contributed by atoms with van der Waals surface area (Å²) in [4.78, 5) is 0. The molecule has 5 nitrogen and oxygen atoms in total. The van der Waals surface area contributed by atoms with Crippen LogP contribution in [0.2, 0.25) is 0 Å². The van der Waals surface area contributed by atoms with Crippen LogP contribution in [0.1, 0.15) is 25.8 Å². The number of hydrogen-bond donors (Lipinski definition) is 2. The van der Waals surface area contributed by atoms with Crippen molar-refractivity contribution in [2.75, 3.05) is 33.5 Å². The summed E-state index contributed by atoms with van der Waals surface area (Å²) >= 11 is 0. The fraction of sp³-hybridized carbons (Fsp3) is 0.625. The van der Waals surface area contributed by atoms with Crippen LogP contribution in [0.25, 0.3) is 0 Å². The molecule has 1 aromatic rings. The van der Waals surface area contributed by atoms with E-state index in [1.807, 2.05) is 25.1 Å². The summed E-state index contributed by atoms with van der Waals surface area (Å²) in [5.74, 6) is 1.31. The Hall–Kier alpha value is -1.30. The minimum Gasteiger partial charge on any atom is -0.493 e. The molecule has 0 saturated heterocycles. The second-order valence-electron chi connectivity index (χ2n) is 4.79. The van der Waals surface area contributed by atoms with Crippen molar-refractivity contribution in [3.05, 3.63) is 23.8 Å². The SMILES string of the molecule is CCCNCc1ccc(OCC(O)COCC)c(OC)c1. The third-order valence-electron chi connectivity index (χ3n) is 2.93. The maximum absolute atomic E-state index is 9.70. The zero-order valence-corrected chi connectivity index (χ0v) is 13.2. The number of nitrogens with one attached hydrogen (secondary N) is 1. The monoisotopic (exact) mass is 297 g/mol. The Bertz CT molecular complexity index is 398. The molecule has 0 aliphatic carbocycles. The lowest BCUT2D eigenvalue weighted by Crippen LogP contribution is -2.23. The minimum absolute atomic E-state index is 0.184. The van der Waals surface area contributed by atoms with Crippen molar-refractivity contribution in [3.8, 4) is 11.5 Å². The fourth-order valence-electron chi connectivity index (χ4n) is 1.84. The van der Waals surface area contributed by atoms with Gasteiger partial charge >= 0.3 is 0 Å². The summed E-state index contributed by atoms with van der Waals surface area (Å²) in [6.07, 6.45) is 0.469. The molecule has 1 rings (SSSR count). The van der Waals surface area contributed by atoms with Crippen LogP contribution in [-0.2, 0) is 11.3 Å². The zero-order valence-electron chi connectivity index (χ0n) is 13.2. The molecule has 0 fully saturated rings. The number of methoxy groups -OCH3 is 1. The minimum atomic E-state index is -0.638. The first kappa shape index (κ1) is 17.8. The molecule has 0 aromatic heterocycles. The lowest BCUT2D eigenvalue weighted by atomic mass is 10.2. The molecule has 0 amide bonds. The highest BCUT2D eigenvalue weighted by molar-refractivity contribution is 5.43. The van der Waals surface area contributed by atoms with E-state index in [4.69, 9.17) is 14.2 Å². The van der Waals surface area contributed by atoms with Crippen LogP contribution < -0.4 is 14.8 Å². The van der Waals surface area contributed by atoms with Crippen molar-refractivity contribution < 1.29 is 19.3 Å². The highest BCUT2D eigenvalue weighted by atomic mass is 16.5. The summed E-state index contributed by atoms with van der Waals surface area (Å²) < 4.78 is 16.1. The highest BCUT2D eigenvalue weighted by Crippen LogP contribution is 2.28. The first-order valence-electron chi connectivity index (χ1n) is 7.47. The second kappa shape index (κ2) is 10.4. The van der Waals surface area contributed by atoms with Gasteiger partial charge in [0.2, 0.25) is 0 Å². The molecule has 1 unspecified atom stereocenters. The van der Waals surface area contributed by atoms with E-state index in [9.17, 15) is 5.11 Å². The van der Waals surface area contributed by atoms with Crippen LogP contribution in [0, 0.1) is 0 Å². The number of aliphatic hydroxyl groups excluding tert-OH is 1. The Morgan fingerprint density at radius 2 is 2.00 bits per heavy atom. The normalized spacial score (nSPS) is 12.2. The van der Waals surface area contributed by atoms with Gasteiger partial charge in [-0.05, 0) is 37.6 Å².